The first kappa shape index (κ1) is 13.5. The Morgan fingerprint density at radius 2 is 1.67 bits per heavy atom. The van der Waals surface area contributed by atoms with E-state index in [4.69, 9.17) is 34.8 Å². The van der Waals surface area contributed by atoms with Gasteiger partial charge >= 0.3 is 0 Å². The maximum absolute atomic E-state index is 13.6. The van der Waals surface area contributed by atoms with E-state index in [1.807, 2.05) is 0 Å². The molecule has 1 N–H and O–H groups in total. The summed E-state index contributed by atoms with van der Waals surface area (Å²) in [5, 5.41) is 4.13. The van der Waals surface area contributed by atoms with Crippen molar-refractivity contribution in [3.05, 3.63) is 62.8 Å². The first-order chi connectivity index (χ1) is 8.56. The quantitative estimate of drug-likeness (QED) is 0.800. The first-order valence-electron chi connectivity index (χ1n) is 5.19. The Bertz CT molecular complexity index is 552. The van der Waals surface area contributed by atoms with Crippen LogP contribution in [0.1, 0.15) is 5.56 Å². The molecular weight excluding hydrogens is 296 g/mol. The Morgan fingerprint density at radius 1 is 1.00 bits per heavy atom. The van der Waals surface area contributed by atoms with Gasteiger partial charge in [0.25, 0.3) is 0 Å². The predicted molar refractivity (Wildman–Crippen MR) is 75.2 cm³/mol. The molecule has 0 spiro atoms. The van der Waals surface area contributed by atoms with Crippen molar-refractivity contribution in [2.24, 2.45) is 0 Å². The first-order valence-corrected chi connectivity index (χ1v) is 6.32. The van der Waals surface area contributed by atoms with Gasteiger partial charge in [-0.05, 0) is 35.9 Å². The van der Waals surface area contributed by atoms with Crippen LogP contribution >= 0.6 is 34.8 Å². The minimum Gasteiger partial charge on any atom is -0.379 e. The minimum absolute atomic E-state index is 0.0872. The molecular formula is C13H9Cl3FN. The molecule has 0 heterocycles. The Labute approximate surface area is 119 Å². The molecule has 0 bridgehead atoms. The van der Waals surface area contributed by atoms with Crippen LogP contribution in [-0.2, 0) is 6.54 Å². The average molecular weight is 305 g/mol. The Morgan fingerprint density at radius 3 is 2.33 bits per heavy atom. The third-order valence-corrected chi connectivity index (χ3v) is 3.09. The molecule has 0 saturated heterocycles. The summed E-state index contributed by atoms with van der Waals surface area (Å²) in [5.74, 6) is -0.465. The van der Waals surface area contributed by atoms with Crippen LogP contribution in [0.15, 0.2) is 36.4 Å². The second-order valence-corrected chi connectivity index (χ2v) is 5.01. The highest BCUT2D eigenvalue weighted by Crippen LogP contribution is 2.24. The summed E-state index contributed by atoms with van der Waals surface area (Å²) < 4.78 is 13.6. The van der Waals surface area contributed by atoms with Gasteiger partial charge in [0.15, 0.2) is 5.82 Å². The van der Waals surface area contributed by atoms with Crippen LogP contribution in [0.3, 0.4) is 0 Å². The second kappa shape index (κ2) is 5.79. The summed E-state index contributed by atoms with van der Waals surface area (Å²) in [4.78, 5) is 0. The number of nitrogens with one attached hydrogen (secondary N) is 1. The molecule has 0 aliphatic carbocycles. The van der Waals surface area contributed by atoms with Crippen molar-refractivity contribution in [1.82, 2.24) is 0 Å². The standard InChI is InChI=1S/C13H9Cl3FN/c14-9-4-8(5-10(15)6-9)7-18-12-3-1-2-11(16)13(12)17/h1-6,18H,7H2. The highest BCUT2D eigenvalue weighted by Gasteiger charge is 2.06. The van der Waals surface area contributed by atoms with Crippen LogP contribution in [-0.4, -0.2) is 0 Å². The zero-order valence-corrected chi connectivity index (χ0v) is 11.5. The molecule has 0 radical (unpaired) electrons. The number of benzene rings is 2. The maximum Gasteiger partial charge on any atom is 0.164 e. The van der Waals surface area contributed by atoms with Crippen molar-refractivity contribution in [2.45, 2.75) is 6.54 Å². The zero-order chi connectivity index (χ0) is 13.1. The zero-order valence-electron chi connectivity index (χ0n) is 9.18. The number of hydrogen-bond acceptors (Lipinski definition) is 1. The molecule has 0 atom stereocenters. The fourth-order valence-electron chi connectivity index (χ4n) is 1.55. The van der Waals surface area contributed by atoms with Crippen molar-refractivity contribution >= 4 is 40.5 Å². The van der Waals surface area contributed by atoms with Crippen molar-refractivity contribution in [3.63, 3.8) is 0 Å². The lowest BCUT2D eigenvalue weighted by Crippen LogP contribution is -2.01. The monoisotopic (exact) mass is 303 g/mol. The third kappa shape index (κ3) is 3.29. The maximum atomic E-state index is 13.6. The fraction of sp³-hybridized carbons (Fsp3) is 0.0769. The normalized spacial score (nSPS) is 10.4. The molecule has 2 rings (SSSR count). The molecule has 0 aromatic heterocycles. The van der Waals surface area contributed by atoms with Crippen LogP contribution in [0.2, 0.25) is 15.1 Å². The molecule has 0 fully saturated rings. The lowest BCUT2D eigenvalue weighted by atomic mass is 10.2. The highest BCUT2D eigenvalue weighted by molar-refractivity contribution is 6.34. The lowest BCUT2D eigenvalue weighted by molar-refractivity contribution is 0.630. The highest BCUT2D eigenvalue weighted by atomic mass is 35.5. The number of rotatable bonds is 3. The van der Waals surface area contributed by atoms with E-state index in [1.165, 1.54) is 6.07 Å². The predicted octanol–water partition coefficient (Wildman–Crippen LogP) is 5.40. The molecule has 0 unspecified atom stereocenters. The Hall–Kier alpha value is -0.960. The number of hydrogen-bond donors (Lipinski definition) is 1. The largest absolute Gasteiger partial charge is 0.379 e. The smallest absolute Gasteiger partial charge is 0.164 e. The summed E-state index contributed by atoms with van der Waals surface area (Å²) in [7, 11) is 0. The van der Waals surface area contributed by atoms with Gasteiger partial charge in [-0.15, -0.1) is 0 Å². The Balaban J connectivity index is 2.14. The molecule has 2 aromatic carbocycles. The average Bonchev–Trinajstić information content (AvgIpc) is 2.30. The lowest BCUT2D eigenvalue weighted by Gasteiger charge is -2.09. The second-order valence-electron chi connectivity index (χ2n) is 3.73. The van der Waals surface area contributed by atoms with E-state index in [1.54, 1.807) is 30.3 Å². The summed E-state index contributed by atoms with van der Waals surface area (Å²) in [6, 6.07) is 9.97. The molecule has 94 valence electrons. The summed E-state index contributed by atoms with van der Waals surface area (Å²) in [6.45, 7) is 0.414. The Kier molecular flexibility index (Phi) is 4.33. The van der Waals surface area contributed by atoms with Gasteiger partial charge < -0.3 is 5.32 Å². The molecule has 1 nitrogen and oxygen atoms in total. The van der Waals surface area contributed by atoms with Gasteiger partial charge in [0, 0.05) is 16.6 Å². The van der Waals surface area contributed by atoms with Gasteiger partial charge in [0.2, 0.25) is 0 Å². The summed E-state index contributed by atoms with van der Waals surface area (Å²) in [5.41, 5.74) is 1.21. The van der Waals surface area contributed by atoms with E-state index in [-0.39, 0.29) is 5.02 Å². The van der Waals surface area contributed by atoms with Crippen LogP contribution in [0, 0.1) is 5.82 Å². The van der Waals surface area contributed by atoms with Gasteiger partial charge in [-0.1, -0.05) is 40.9 Å². The molecule has 2 aromatic rings. The van der Waals surface area contributed by atoms with Crippen molar-refractivity contribution in [1.29, 1.82) is 0 Å². The van der Waals surface area contributed by atoms with E-state index in [0.29, 0.717) is 22.3 Å². The summed E-state index contributed by atoms with van der Waals surface area (Å²) >= 11 is 17.5. The molecule has 0 aliphatic heterocycles. The van der Waals surface area contributed by atoms with E-state index in [2.05, 4.69) is 5.32 Å². The van der Waals surface area contributed by atoms with Gasteiger partial charge in [-0.25, -0.2) is 4.39 Å². The van der Waals surface area contributed by atoms with Gasteiger partial charge in [0.1, 0.15) is 0 Å². The minimum atomic E-state index is -0.465. The summed E-state index contributed by atoms with van der Waals surface area (Å²) in [6.07, 6.45) is 0. The van der Waals surface area contributed by atoms with E-state index < -0.39 is 5.82 Å². The van der Waals surface area contributed by atoms with E-state index in [0.717, 1.165) is 5.56 Å². The van der Waals surface area contributed by atoms with Gasteiger partial charge in [0.05, 0.1) is 10.7 Å². The SMILES string of the molecule is Fc1c(Cl)cccc1NCc1cc(Cl)cc(Cl)c1. The van der Waals surface area contributed by atoms with Crippen molar-refractivity contribution in [2.75, 3.05) is 5.32 Å². The molecule has 0 aliphatic rings. The molecule has 0 amide bonds. The number of halogens is 4. The van der Waals surface area contributed by atoms with Crippen molar-refractivity contribution < 1.29 is 4.39 Å². The molecule has 0 saturated carbocycles. The topological polar surface area (TPSA) is 12.0 Å². The van der Waals surface area contributed by atoms with Crippen LogP contribution in [0.25, 0.3) is 0 Å². The number of anilines is 1. The van der Waals surface area contributed by atoms with Gasteiger partial charge in [-0.3, -0.25) is 0 Å². The fourth-order valence-corrected chi connectivity index (χ4v) is 2.30. The molecule has 5 heteroatoms. The van der Waals surface area contributed by atoms with E-state index in [9.17, 15) is 4.39 Å². The van der Waals surface area contributed by atoms with Gasteiger partial charge in [-0.2, -0.15) is 0 Å². The van der Waals surface area contributed by atoms with Crippen molar-refractivity contribution in [3.8, 4) is 0 Å². The van der Waals surface area contributed by atoms with Crippen LogP contribution < -0.4 is 5.32 Å². The van der Waals surface area contributed by atoms with E-state index >= 15 is 0 Å². The molecule has 18 heavy (non-hydrogen) atoms. The van der Waals surface area contributed by atoms with Crippen LogP contribution in [0.5, 0.6) is 0 Å². The third-order valence-electron chi connectivity index (χ3n) is 2.36. The van der Waals surface area contributed by atoms with Crippen LogP contribution in [0.4, 0.5) is 10.1 Å².